The summed E-state index contributed by atoms with van der Waals surface area (Å²) in [6.07, 6.45) is 0.254. The first-order valence-corrected chi connectivity index (χ1v) is 8.52. The van der Waals surface area contributed by atoms with Crippen molar-refractivity contribution in [1.29, 1.82) is 0 Å². The maximum Gasteiger partial charge on any atom is 0.416 e. The van der Waals surface area contributed by atoms with Crippen LogP contribution in [0.25, 0.3) is 0 Å². The Morgan fingerprint density at radius 3 is 2.00 bits per heavy atom. The molecule has 1 aromatic carbocycles. The highest BCUT2D eigenvalue weighted by Crippen LogP contribution is 2.33. The molecule has 23 heavy (non-hydrogen) atoms. The van der Waals surface area contributed by atoms with E-state index in [1.807, 2.05) is 13.8 Å². The molecule has 2 aliphatic rings. The van der Waals surface area contributed by atoms with Gasteiger partial charge in [0.1, 0.15) is 0 Å². The maximum atomic E-state index is 12.1. The lowest BCUT2D eigenvalue weighted by atomic mass is 10.0. The van der Waals surface area contributed by atoms with Crippen LogP contribution in [0.2, 0.25) is 0 Å². The molecule has 2 nitrogen and oxygen atoms in total. The van der Waals surface area contributed by atoms with E-state index in [0.717, 1.165) is 29.5 Å². The topological polar surface area (TPSA) is 24.1 Å². The van der Waals surface area contributed by atoms with Gasteiger partial charge in [0, 0.05) is 6.54 Å². The predicted octanol–water partition coefficient (Wildman–Crippen LogP) is 4.46. The Morgan fingerprint density at radius 1 is 1.04 bits per heavy atom. The summed E-state index contributed by atoms with van der Waals surface area (Å²) in [6, 6.07) is 5.12. The third-order valence-electron chi connectivity index (χ3n) is 4.29. The third-order valence-corrected chi connectivity index (χ3v) is 4.29. The fourth-order valence-corrected chi connectivity index (χ4v) is 3.12. The van der Waals surface area contributed by atoms with Gasteiger partial charge >= 0.3 is 6.18 Å². The van der Waals surface area contributed by atoms with Crippen LogP contribution in [0.3, 0.4) is 0 Å². The van der Waals surface area contributed by atoms with E-state index in [2.05, 4.69) is 10.6 Å². The van der Waals surface area contributed by atoms with E-state index in [0.29, 0.717) is 6.54 Å². The van der Waals surface area contributed by atoms with Gasteiger partial charge < -0.3 is 10.6 Å². The van der Waals surface area contributed by atoms with E-state index >= 15 is 0 Å². The smallest absolute Gasteiger partial charge is 0.316 e. The Morgan fingerprint density at radius 2 is 1.57 bits per heavy atom. The molecule has 132 valence electrons. The lowest BCUT2D eigenvalue weighted by Gasteiger charge is -2.06. The molecule has 1 aliphatic carbocycles. The van der Waals surface area contributed by atoms with Crippen LogP contribution < -0.4 is 10.6 Å². The molecular weight excluding hydrogens is 301 g/mol. The Hall–Kier alpha value is -1.07. The van der Waals surface area contributed by atoms with E-state index in [1.165, 1.54) is 44.5 Å². The molecule has 1 saturated heterocycles. The summed E-state index contributed by atoms with van der Waals surface area (Å²) in [7, 11) is 1.75. The molecule has 0 spiro atoms. The fraction of sp³-hybridized carbons (Fsp3) is 0.667. The molecule has 0 bridgehead atoms. The van der Waals surface area contributed by atoms with Gasteiger partial charge in [-0.3, -0.25) is 0 Å². The van der Waals surface area contributed by atoms with Crippen LogP contribution in [0.5, 0.6) is 0 Å². The SMILES string of the molecule is C1CC2CNCC2C1.CC.CNCc1ccc(C(F)(F)F)cc1. The summed E-state index contributed by atoms with van der Waals surface area (Å²) in [5, 5.41) is 6.29. The molecule has 2 unspecified atom stereocenters. The molecule has 3 rings (SSSR count). The molecule has 0 aromatic heterocycles. The van der Waals surface area contributed by atoms with Gasteiger partial charge in [-0.1, -0.05) is 32.4 Å². The largest absolute Gasteiger partial charge is 0.416 e. The second-order valence-electron chi connectivity index (χ2n) is 5.83. The minimum Gasteiger partial charge on any atom is -0.316 e. The molecule has 2 N–H and O–H groups in total. The standard InChI is InChI=1S/C9H10F3N.C7H13N.C2H6/c1-13-6-7-2-4-8(5-3-7)9(10,11)12;1-2-6-4-8-5-7(6)3-1;1-2/h2-5,13H,6H2,1H3;6-8H,1-5H2;1-2H3. The first-order chi connectivity index (χ1) is 11.0. The van der Waals surface area contributed by atoms with Crippen LogP contribution in [0, 0.1) is 11.8 Å². The molecule has 1 heterocycles. The summed E-state index contributed by atoms with van der Waals surface area (Å²) in [6.45, 7) is 7.20. The van der Waals surface area contributed by atoms with Gasteiger partial charge in [-0.05, 0) is 62.5 Å². The van der Waals surface area contributed by atoms with Gasteiger partial charge in [0.15, 0.2) is 0 Å². The molecule has 0 radical (unpaired) electrons. The van der Waals surface area contributed by atoms with Crippen LogP contribution >= 0.6 is 0 Å². The van der Waals surface area contributed by atoms with Crippen molar-refractivity contribution in [2.24, 2.45) is 11.8 Å². The number of halogens is 3. The quantitative estimate of drug-likeness (QED) is 0.837. The van der Waals surface area contributed by atoms with Crippen molar-refractivity contribution in [3.8, 4) is 0 Å². The summed E-state index contributed by atoms with van der Waals surface area (Å²) < 4.78 is 36.3. The number of hydrogen-bond donors (Lipinski definition) is 2. The van der Waals surface area contributed by atoms with Crippen molar-refractivity contribution in [2.45, 2.75) is 45.8 Å². The van der Waals surface area contributed by atoms with Crippen molar-refractivity contribution in [2.75, 3.05) is 20.1 Å². The number of benzene rings is 1. The Bertz CT molecular complexity index is 409. The van der Waals surface area contributed by atoms with E-state index in [-0.39, 0.29) is 0 Å². The van der Waals surface area contributed by atoms with E-state index in [9.17, 15) is 13.2 Å². The summed E-state index contributed by atoms with van der Waals surface area (Å²) in [5.41, 5.74) is 0.239. The first kappa shape index (κ1) is 20.0. The number of nitrogens with one attached hydrogen (secondary N) is 2. The number of fused-ring (bicyclic) bond motifs is 1. The molecule has 1 saturated carbocycles. The highest BCUT2D eigenvalue weighted by atomic mass is 19.4. The second kappa shape index (κ2) is 9.93. The van der Waals surface area contributed by atoms with Crippen LogP contribution in [-0.2, 0) is 12.7 Å². The predicted molar refractivity (Wildman–Crippen MR) is 89.3 cm³/mol. The molecule has 0 amide bonds. The van der Waals surface area contributed by atoms with Crippen LogP contribution in [-0.4, -0.2) is 20.1 Å². The number of hydrogen-bond acceptors (Lipinski definition) is 2. The average Bonchev–Trinajstić information content (AvgIpc) is 3.14. The molecule has 2 fully saturated rings. The minimum atomic E-state index is -4.24. The van der Waals surface area contributed by atoms with Gasteiger partial charge in [-0.15, -0.1) is 0 Å². The minimum absolute atomic E-state index is 0.581. The Balaban J connectivity index is 0.000000224. The fourth-order valence-electron chi connectivity index (χ4n) is 3.12. The van der Waals surface area contributed by atoms with Crippen LogP contribution in [0.4, 0.5) is 13.2 Å². The van der Waals surface area contributed by atoms with Gasteiger partial charge in [-0.25, -0.2) is 0 Å². The molecule has 5 heteroatoms. The monoisotopic (exact) mass is 330 g/mol. The molecular formula is C18H29F3N2. The second-order valence-corrected chi connectivity index (χ2v) is 5.83. The first-order valence-electron chi connectivity index (χ1n) is 8.52. The van der Waals surface area contributed by atoms with E-state index in [4.69, 9.17) is 0 Å². The van der Waals surface area contributed by atoms with Crippen LogP contribution in [0.15, 0.2) is 24.3 Å². The summed E-state index contributed by atoms with van der Waals surface area (Å²) in [4.78, 5) is 0. The van der Waals surface area contributed by atoms with Crippen LogP contribution in [0.1, 0.15) is 44.2 Å². The van der Waals surface area contributed by atoms with Gasteiger partial charge in [0.05, 0.1) is 5.56 Å². The zero-order valence-corrected chi connectivity index (χ0v) is 14.3. The normalized spacial score (nSPS) is 22.5. The van der Waals surface area contributed by atoms with Crippen molar-refractivity contribution >= 4 is 0 Å². The zero-order chi connectivity index (χ0) is 17.3. The highest BCUT2D eigenvalue weighted by molar-refractivity contribution is 5.24. The lowest BCUT2D eigenvalue weighted by Crippen LogP contribution is -2.08. The average molecular weight is 330 g/mol. The maximum absolute atomic E-state index is 12.1. The van der Waals surface area contributed by atoms with E-state index < -0.39 is 11.7 Å². The van der Waals surface area contributed by atoms with Gasteiger partial charge in [0.2, 0.25) is 0 Å². The molecule has 1 aromatic rings. The van der Waals surface area contributed by atoms with Gasteiger partial charge in [-0.2, -0.15) is 13.2 Å². The summed E-state index contributed by atoms with van der Waals surface area (Å²) in [5.74, 6) is 2.13. The zero-order valence-electron chi connectivity index (χ0n) is 14.3. The molecule has 1 aliphatic heterocycles. The number of alkyl halides is 3. The summed E-state index contributed by atoms with van der Waals surface area (Å²) >= 11 is 0. The van der Waals surface area contributed by atoms with Crippen molar-refractivity contribution in [1.82, 2.24) is 10.6 Å². The lowest BCUT2D eigenvalue weighted by molar-refractivity contribution is -0.137. The number of rotatable bonds is 2. The molecule has 2 atom stereocenters. The van der Waals surface area contributed by atoms with Crippen molar-refractivity contribution in [3.05, 3.63) is 35.4 Å². The highest BCUT2D eigenvalue weighted by Gasteiger charge is 2.31. The van der Waals surface area contributed by atoms with Crippen molar-refractivity contribution < 1.29 is 13.2 Å². The van der Waals surface area contributed by atoms with Gasteiger partial charge in [0.25, 0.3) is 0 Å². The van der Waals surface area contributed by atoms with Crippen molar-refractivity contribution in [3.63, 3.8) is 0 Å². The third kappa shape index (κ3) is 6.51. The Kier molecular flexibility index (Phi) is 8.63. The van der Waals surface area contributed by atoms with E-state index in [1.54, 1.807) is 7.05 Å². The Labute approximate surface area is 137 Å².